The fraction of sp³-hybridized carbons (Fsp3) is 0.300. The van der Waals surface area contributed by atoms with E-state index in [1.807, 2.05) is 25.2 Å². The first-order chi connectivity index (χ1) is 6.74. The van der Waals surface area contributed by atoms with E-state index in [1.165, 1.54) is 0 Å². The lowest BCUT2D eigenvalue weighted by Crippen LogP contribution is -2.00. The van der Waals surface area contributed by atoms with Crippen molar-refractivity contribution >= 4 is 22.5 Å². The van der Waals surface area contributed by atoms with Gasteiger partial charge in [0.2, 0.25) is 0 Å². The summed E-state index contributed by atoms with van der Waals surface area (Å²) in [5.74, 6) is 0. The molecule has 0 radical (unpaired) electrons. The zero-order valence-electron chi connectivity index (χ0n) is 7.87. The number of hydrogen-bond donors (Lipinski definition) is 1. The molecule has 2 rings (SSSR count). The molecular formula is C10H11ClN2O. The Balaban J connectivity index is 2.70. The molecule has 74 valence electrons. The van der Waals surface area contributed by atoms with Crippen LogP contribution in [0.1, 0.15) is 5.69 Å². The highest BCUT2D eigenvalue weighted by molar-refractivity contribution is 6.35. The minimum atomic E-state index is 0.126. The number of benzene rings is 1. The van der Waals surface area contributed by atoms with Crippen molar-refractivity contribution in [1.82, 2.24) is 9.78 Å². The molecule has 1 heterocycles. The van der Waals surface area contributed by atoms with Crippen molar-refractivity contribution in [3.05, 3.63) is 28.9 Å². The quantitative estimate of drug-likeness (QED) is 0.821. The molecule has 0 unspecified atom stereocenters. The van der Waals surface area contributed by atoms with Crippen LogP contribution >= 0.6 is 11.6 Å². The lowest BCUT2D eigenvalue weighted by atomic mass is 10.2. The van der Waals surface area contributed by atoms with E-state index in [1.54, 1.807) is 4.68 Å². The fourth-order valence-electron chi connectivity index (χ4n) is 1.64. The second-order valence-electron chi connectivity index (χ2n) is 3.18. The molecule has 0 aliphatic carbocycles. The number of aliphatic hydroxyl groups excluding tert-OH is 1. The summed E-state index contributed by atoms with van der Waals surface area (Å²) in [7, 11) is 1.86. The first-order valence-corrected chi connectivity index (χ1v) is 4.83. The number of fused-ring (bicyclic) bond motifs is 1. The first-order valence-electron chi connectivity index (χ1n) is 4.45. The number of hydrogen-bond acceptors (Lipinski definition) is 2. The Bertz CT molecular complexity index is 464. The Labute approximate surface area is 86.9 Å². The van der Waals surface area contributed by atoms with E-state index >= 15 is 0 Å². The molecule has 0 atom stereocenters. The molecule has 0 saturated carbocycles. The molecule has 0 aliphatic rings. The summed E-state index contributed by atoms with van der Waals surface area (Å²) in [5.41, 5.74) is 1.82. The van der Waals surface area contributed by atoms with Gasteiger partial charge in [0.25, 0.3) is 0 Å². The van der Waals surface area contributed by atoms with E-state index in [2.05, 4.69) is 5.10 Å². The predicted molar refractivity (Wildman–Crippen MR) is 56.5 cm³/mol. The molecule has 1 aromatic carbocycles. The molecule has 14 heavy (non-hydrogen) atoms. The molecule has 0 aliphatic heterocycles. The molecule has 1 N–H and O–H groups in total. The van der Waals surface area contributed by atoms with Crippen molar-refractivity contribution in [1.29, 1.82) is 0 Å². The molecular weight excluding hydrogens is 200 g/mol. The zero-order valence-corrected chi connectivity index (χ0v) is 8.62. The smallest absolute Gasteiger partial charge is 0.111 e. The topological polar surface area (TPSA) is 38.0 Å². The van der Waals surface area contributed by atoms with Gasteiger partial charge in [-0.25, -0.2) is 0 Å². The Morgan fingerprint density at radius 3 is 3.00 bits per heavy atom. The average molecular weight is 211 g/mol. The van der Waals surface area contributed by atoms with Gasteiger partial charge in [0.05, 0.1) is 5.02 Å². The highest BCUT2D eigenvalue weighted by Crippen LogP contribution is 2.24. The van der Waals surface area contributed by atoms with Crippen LogP contribution in [-0.2, 0) is 13.5 Å². The van der Waals surface area contributed by atoms with E-state index in [9.17, 15) is 0 Å². The Morgan fingerprint density at radius 2 is 2.29 bits per heavy atom. The van der Waals surface area contributed by atoms with E-state index < -0.39 is 0 Å². The van der Waals surface area contributed by atoms with Crippen LogP contribution in [0.3, 0.4) is 0 Å². The SMILES string of the molecule is Cn1nc2c(Cl)cccc2c1CCO. The summed E-state index contributed by atoms with van der Waals surface area (Å²) in [4.78, 5) is 0. The maximum absolute atomic E-state index is 8.92. The Hall–Kier alpha value is -1.06. The second-order valence-corrected chi connectivity index (χ2v) is 3.59. The molecule has 0 spiro atoms. The number of nitrogens with zero attached hydrogens (tertiary/aromatic N) is 2. The van der Waals surface area contributed by atoms with Crippen LogP contribution in [0.25, 0.3) is 10.9 Å². The first kappa shape index (κ1) is 9.49. The van der Waals surface area contributed by atoms with Gasteiger partial charge in [-0.15, -0.1) is 0 Å². The lowest BCUT2D eigenvalue weighted by Gasteiger charge is -1.98. The fourth-order valence-corrected chi connectivity index (χ4v) is 1.85. The minimum absolute atomic E-state index is 0.126. The average Bonchev–Trinajstić information content (AvgIpc) is 2.47. The van der Waals surface area contributed by atoms with Crippen LogP contribution in [0.5, 0.6) is 0 Å². The van der Waals surface area contributed by atoms with E-state index in [-0.39, 0.29) is 6.61 Å². The van der Waals surface area contributed by atoms with Gasteiger partial charge < -0.3 is 5.11 Å². The monoisotopic (exact) mass is 210 g/mol. The van der Waals surface area contributed by atoms with Gasteiger partial charge in [-0.05, 0) is 6.07 Å². The molecule has 0 fully saturated rings. The van der Waals surface area contributed by atoms with Gasteiger partial charge >= 0.3 is 0 Å². The number of aryl methyl sites for hydroxylation is 1. The van der Waals surface area contributed by atoms with E-state index in [0.29, 0.717) is 11.4 Å². The molecule has 2 aromatic rings. The maximum Gasteiger partial charge on any atom is 0.111 e. The lowest BCUT2D eigenvalue weighted by molar-refractivity contribution is 0.296. The van der Waals surface area contributed by atoms with Crippen LogP contribution in [0.4, 0.5) is 0 Å². The summed E-state index contributed by atoms with van der Waals surface area (Å²) in [5, 5.41) is 14.9. The summed E-state index contributed by atoms with van der Waals surface area (Å²) < 4.78 is 1.77. The number of aromatic nitrogens is 2. The third-order valence-electron chi connectivity index (χ3n) is 2.29. The van der Waals surface area contributed by atoms with Crippen LogP contribution in [-0.4, -0.2) is 21.5 Å². The molecule has 0 amide bonds. The third-order valence-corrected chi connectivity index (χ3v) is 2.59. The van der Waals surface area contributed by atoms with Gasteiger partial charge in [0.15, 0.2) is 0 Å². The summed E-state index contributed by atoms with van der Waals surface area (Å²) >= 11 is 6.00. The molecule has 3 nitrogen and oxygen atoms in total. The van der Waals surface area contributed by atoms with Gasteiger partial charge in [0.1, 0.15) is 5.52 Å². The number of rotatable bonds is 2. The highest BCUT2D eigenvalue weighted by Gasteiger charge is 2.09. The Morgan fingerprint density at radius 1 is 1.50 bits per heavy atom. The maximum atomic E-state index is 8.92. The predicted octanol–water partition coefficient (Wildman–Crippen LogP) is 1.76. The van der Waals surface area contributed by atoms with Crippen LogP contribution in [0, 0.1) is 0 Å². The third kappa shape index (κ3) is 1.38. The molecule has 0 saturated heterocycles. The summed E-state index contributed by atoms with van der Waals surface area (Å²) in [6.07, 6.45) is 0.605. The van der Waals surface area contributed by atoms with Crippen LogP contribution < -0.4 is 0 Å². The summed E-state index contributed by atoms with van der Waals surface area (Å²) in [6.45, 7) is 0.126. The standard InChI is InChI=1S/C10H11ClN2O/c1-13-9(5-6-14)7-3-2-4-8(11)10(7)12-13/h2-4,14H,5-6H2,1H3. The normalized spacial score (nSPS) is 11.1. The van der Waals surface area contributed by atoms with Crippen LogP contribution in [0.15, 0.2) is 18.2 Å². The van der Waals surface area contributed by atoms with Crippen molar-refractivity contribution in [2.24, 2.45) is 7.05 Å². The van der Waals surface area contributed by atoms with Gasteiger partial charge in [-0.1, -0.05) is 23.7 Å². The van der Waals surface area contributed by atoms with Crippen molar-refractivity contribution in [2.75, 3.05) is 6.61 Å². The van der Waals surface area contributed by atoms with Crippen molar-refractivity contribution < 1.29 is 5.11 Å². The molecule has 1 aromatic heterocycles. The van der Waals surface area contributed by atoms with Crippen molar-refractivity contribution in [3.63, 3.8) is 0 Å². The van der Waals surface area contributed by atoms with Crippen molar-refractivity contribution in [2.45, 2.75) is 6.42 Å². The van der Waals surface area contributed by atoms with Crippen LogP contribution in [0.2, 0.25) is 5.02 Å². The largest absolute Gasteiger partial charge is 0.396 e. The van der Waals surface area contributed by atoms with Gasteiger partial charge in [-0.3, -0.25) is 4.68 Å². The number of halogens is 1. The van der Waals surface area contributed by atoms with Crippen molar-refractivity contribution in [3.8, 4) is 0 Å². The zero-order chi connectivity index (χ0) is 10.1. The van der Waals surface area contributed by atoms with Gasteiger partial charge in [0, 0.05) is 31.2 Å². The Kier molecular flexibility index (Phi) is 2.44. The number of aliphatic hydroxyl groups is 1. The van der Waals surface area contributed by atoms with E-state index in [4.69, 9.17) is 16.7 Å². The molecule has 4 heteroatoms. The molecule has 0 bridgehead atoms. The highest BCUT2D eigenvalue weighted by atomic mass is 35.5. The van der Waals surface area contributed by atoms with Gasteiger partial charge in [-0.2, -0.15) is 5.10 Å². The summed E-state index contributed by atoms with van der Waals surface area (Å²) in [6, 6.07) is 5.69. The second kappa shape index (κ2) is 3.59. The minimum Gasteiger partial charge on any atom is -0.396 e. The van der Waals surface area contributed by atoms with E-state index in [0.717, 1.165) is 16.6 Å².